The third-order valence-corrected chi connectivity index (χ3v) is 2.90. The fourth-order valence-corrected chi connectivity index (χ4v) is 1.90. The molecule has 1 aromatic carbocycles. The van der Waals surface area contributed by atoms with Gasteiger partial charge >= 0.3 is 0 Å². The monoisotopic (exact) mass is 290 g/mol. The molecule has 3 aromatic rings. The fraction of sp³-hybridized carbons (Fsp3) is 0. The van der Waals surface area contributed by atoms with Crippen LogP contribution in [0, 0.1) is 5.82 Å². The molecule has 2 aromatic heterocycles. The predicted molar refractivity (Wildman–Crippen MR) is 73.3 cm³/mol. The van der Waals surface area contributed by atoms with Gasteiger partial charge in [-0.2, -0.15) is 0 Å². The van der Waals surface area contributed by atoms with E-state index in [4.69, 9.17) is 11.6 Å². The number of rotatable bonds is 2. The zero-order valence-electron chi connectivity index (χ0n) is 10.0. The van der Waals surface area contributed by atoms with E-state index in [0.29, 0.717) is 22.3 Å². The number of fused-ring (bicyclic) bond motifs is 1. The first-order valence-electron chi connectivity index (χ1n) is 5.69. The van der Waals surface area contributed by atoms with Crippen LogP contribution in [0.1, 0.15) is 10.5 Å². The van der Waals surface area contributed by atoms with Crippen LogP contribution in [0.3, 0.4) is 0 Å². The molecular formula is C13H8ClFN4O. The quantitative estimate of drug-likeness (QED) is 0.713. The number of amides is 1. The lowest BCUT2D eigenvalue weighted by Crippen LogP contribution is -2.12. The molecule has 0 saturated carbocycles. The Morgan fingerprint density at radius 2 is 2.00 bits per heavy atom. The zero-order chi connectivity index (χ0) is 14.1. The van der Waals surface area contributed by atoms with Gasteiger partial charge in [0.2, 0.25) is 5.28 Å². The van der Waals surface area contributed by atoms with Crippen molar-refractivity contribution in [3.05, 3.63) is 53.5 Å². The molecule has 20 heavy (non-hydrogen) atoms. The van der Waals surface area contributed by atoms with Crippen LogP contribution >= 0.6 is 11.6 Å². The minimum Gasteiger partial charge on any atom is -0.351 e. The molecule has 1 amide bonds. The molecule has 2 N–H and O–H groups in total. The Morgan fingerprint density at radius 1 is 1.25 bits per heavy atom. The second-order valence-corrected chi connectivity index (χ2v) is 4.45. The van der Waals surface area contributed by atoms with Crippen molar-refractivity contribution >= 4 is 34.1 Å². The summed E-state index contributed by atoms with van der Waals surface area (Å²) in [5.41, 5.74) is 1.42. The number of aromatic amines is 1. The van der Waals surface area contributed by atoms with E-state index in [1.54, 1.807) is 12.1 Å². The van der Waals surface area contributed by atoms with Gasteiger partial charge in [0.05, 0.1) is 18.1 Å². The summed E-state index contributed by atoms with van der Waals surface area (Å²) in [6, 6.07) is 5.83. The predicted octanol–water partition coefficient (Wildman–Crippen LogP) is 3.00. The number of hydrogen-bond donors (Lipinski definition) is 2. The van der Waals surface area contributed by atoms with E-state index in [2.05, 4.69) is 20.3 Å². The first kappa shape index (κ1) is 12.6. The molecule has 0 bridgehead atoms. The van der Waals surface area contributed by atoms with Gasteiger partial charge in [-0.3, -0.25) is 4.79 Å². The van der Waals surface area contributed by atoms with Crippen LogP contribution in [0.2, 0.25) is 5.28 Å². The summed E-state index contributed by atoms with van der Waals surface area (Å²) in [5.74, 6) is -0.720. The maximum Gasteiger partial charge on any atom is 0.272 e. The van der Waals surface area contributed by atoms with E-state index >= 15 is 0 Å². The highest BCUT2D eigenvalue weighted by molar-refractivity contribution is 6.28. The van der Waals surface area contributed by atoms with Crippen LogP contribution in [0.15, 0.2) is 36.7 Å². The van der Waals surface area contributed by atoms with Crippen LogP contribution in [-0.2, 0) is 0 Å². The fourth-order valence-electron chi connectivity index (χ4n) is 1.80. The molecule has 0 atom stereocenters. The first-order chi connectivity index (χ1) is 9.61. The van der Waals surface area contributed by atoms with Gasteiger partial charge in [-0.25, -0.2) is 14.4 Å². The van der Waals surface area contributed by atoms with E-state index in [1.165, 1.54) is 24.5 Å². The Balaban J connectivity index is 1.86. The number of anilines is 1. The number of nitrogens with zero attached hydrogens (tertiary/aromatic N) is 2. The summed E-state index contributed by atoms with van der Waals surface area (Å²) in [4.78, 5) is 22.5. The Labute approximate surface area is 117 Å². The number of aromatic nitrogens is 3. The summed E-state index contributed by atoms with van der Waals surface area (Å²) in [6.07, 6.45) is 2.80. The van der Waals surface area contributed by atoms with E-state index in [-0.39, 0.29) is 17.0 Å². The molecule has 5 nitrogen and oxygen atoms in total. The van der Waals surface area contributed by atoms with Crippen molar-refractivity contribution in [2.45, 2.75) is 0 Å². The van der Waals surface area contributed by atoms with Crippen molar-refractivity contribution in [3.63, 3.8) is 0 Å². The molecular weight excluding hydrogens is 283 g/mol. The molecule has 0 aliphatic heterocycles. The minimum absolute atomic E-state index is 0.101. The molecule has 0 aliphatic rings. The molecule has 0 aliphatic carbocycles. The largest absolute Gasteiger partial charge is 0.351 e. The molecule has 0 unspecified atom stereocenters. The van der Waals surface area contributed by atoms with Gasteiger partial charge in [0.15, 0.2) is 0 Å². The van der Waals surface area contributed by atoms with Crippen molar-refractivity contribution in [1.82, 2.24) is 15.0 Å². The molecule has 0 spiro atoms. The van der Waals surface area contributed by atoms with Crippen molar-refractivity contribution in [2.75, 3.05) is 5.32 Å². The van der Waals surface area contributed by atoms with E-state index < -0.39 is 0 Å². The Hall–Kier alpha value is -2.47. The maximum absolute atomic E-state index is 13.1. The van der Waals surface area contributed by atoms with Gasteiger partial charge in [-0.15, -0.1) is 0 Å². The van der Waals surface area contributed by atoms with Gasteiger partial charge in [0.25, 0.3) is 5.91 Å². The zero-order valence-corrected chi connectivity index (χ0v) is 10.8. The summed E-state index contributed by atoms with van der Waals surface area (Å²) in [7, 11) is 0. The van der Waals surface area contributed by atoms with Crippen LogP contribution < -0.4 is 5.32 Å². The topological polar surface area (TPSA) is 70.7 Å². The number of carbonyl (C=O) groups is 1. The lowest BCUT2D eigenvalue weighted by Gasteiger charge is -2.01. The summed E-state index contributed by atoms with van der Waals surface area (Å²) in [5, 5.41) is 3.34. The first-order valence-corrected chi connectivity index (χ1v) is 6.07. The maximum atomic E-state index is 13.1. The summed E-state index contributed by atoms with van der Waals surface area (Å²) >= 11 is 5.56. The van der Waals surface area contributed by atoms with Crippen molar-refractivity contribution < 1.29 is 9.18 Å². The van der Waals surface area contributed by atoms with Gasteiger partial charge in [-0.05, 0) is 35.9 Å². The van der Waals surface area contributed by atoms with Gasteiger partial charge in [-0.1, -0.05) is 0 Å². The lowest BCUT2D eigenvalue weighted by atomic mass is 10.2. The number of carbonyl (C=O) groups excluding carboxylic acids is 1. The molecule has 2 heterocycles. The van der Waals surface area contributed by atoms with Gasteiger partial charge in [0, 0.05) is 10.9 Å². The SMILES string of the molecule is O=C(Nc1cnc(Cl)nc1)c1cc2cc(F)ccc2[nH]1. The number of benzene rings is 1. The highest BCUT2D eigenvalue weighted by atomic mass is 35.5. The molecule has 100 valence electrons. The highest BCUT2D eigenvalue weighted by Gasteiger charge is 2.10. The highest BCUT2D eigenvalue weighted by Crippen LogP contribution is 2.17. The molecule has 0 saturated heterocycles. The Morgan fingerprint density at radius 3 is 2.75 bits per heavy atom. The number of H-pyrrole nitrogens is 1. The third kappa shape index (κ3) is 2.46. The summed E-state index contributed by atoms with van der Waals surface area (Å²) < 4.78 is 13.1. The smallest absolute Gasteiger partial charge is 0.272 e. The average Bonchev–Trinajstić information content (AvgIpc) is 2.84. The van der Waals surface area contributed by atoms with Crippen LogP contribution in [0.25, 0.3) is 10.9 Å². The van der Waals surface area contributed by atoms with E-state index in [0.717, 1.165) is 0 Å². The minimum atomic E-state index is -0.368. The third-order valence-electron chi connectivity index (χ3n) is 2.71. The second-order valence-electron chi connectivity index (χ2n) is 4.11. The molecule has 3 rings (SSSR count). The Kier molecular flexibility index (Phi) is 3.08. The van der Waals surface area contributed by atoms with Gasteiger partial charge in [0.1, 0.15) is 11.5 Å². The van der Waals surface area contributed by atoms with Crippen LogP contribution in [-0.4, -0.2) is 20.9 Å². The lowest BCUT2D eigenvalue weighted by molar-refractivity contribution is 0.102. The number of hydrogen-bond acceptors (Lipinski definition) is 3. The number of nitrogens with one attached hydrogen (secondary N) is 2. The summed E-state index contributed by atoms with van der Waals surface area (Å²) in [6.45, 7) is 0. The normalized spacial score (nSPS) is 10.7. The molecule has 0 radical (unpaired) electrons. The van der Waals surface area contributed by atoms with Crippen molar-refractivity contribution in [2.24, 2.45) is 0 Å². The van der Waals surface area contributed by atoms with E-state index in [9.17, 15) is 9.18 Å². The van der Waals surface area contributed by atoms with Gasteiger partial charge < -0.3 is 10.3 Å². The number of halogens is 2. The van der Waals surface area contributed by atoms with E-state index in [1.807, 2.05) is 0 Å². The standard InChI is InChI=1S/C13H8ClFN4O/c14-13-16-5-9(6-17-13)18-12(20)11-4-7-3-8(15)1-2-10(7)19-11/h1-6,19H,(H,18,20). The average molecular weight is 291 g/mol. The molecule has 7 heteroatoms. The van der Waals surface area contributed by atoms with Crippen molar-refractivity contribution in [1.29, 1.82) is 0 Å². The van der Waals surface area contributed by atoms with Crippen LogP contribution in [0.5, 0.6) is 0 Å². The molecule has 0 fully saturated rings. The van der Waals surface area contributed by atoms with Crippen molar-refractivity contribution in [3.8, 4) is 0 Å². The Bertz CT molecular complexity index is 785. The second kappa shape index (κ2) is 4.90. The van der Waals surface area contributed by atoms with Crippen LogP contribution in [0.4, 0.5) is 10.1 Å².